The third kappa shape index (κ3) is 4.73. The van der Waals surface area contributed by atoms with Crippen molar-refractivity contribution in [2.45, 2.75) is 45.6 Å². The second-order valence-electron chi connectivity index (χ2n) is 6.60. The fraction of sp³-hybridized carbons (Fsp3) is 0.588. The number of likely N-dealkylation sites (tertiary alicyclic amines) is 1. The van der Waals surface area contributed by atoms with Crippen molar-refractivity contribution in [1.82, 2.24) is 4.90 Å². The maximum absolute atomic E-state index is 13.2. The van der Waals surface area contributed by atoms with E-state index in [-0.39, 0.29) is 17.7 Å². The molecule has 2 aliphatic rings. The number of halogens is 1. The summed E-state index contributed by atoms with van der Waals surface area (Å²) in [5, 5.41) is 0. The number of carbonyl (C=O) groups excluding carboxylic acids is 1. The van der Waals surface area contributed by atoms with Crippen LogP contribution in [0.15, 0.2) is 35.8 Å². The van der Waals surface area contributed by atoms with Crippen molar-refractivity contribution >= 4 is 5.97 Å². The summed E-state index contributed by atoms with van der Waals surface area (Å²) in [7, 11) is 0. The normalized spacial score (nSPS) is 20.7. The number of nitrogens with zero attached hydrogens (tertiary/aromatic N) is 1. The van der Waals surface area contributed by atoms with Gasteiger partial charge in [0.25, 0.3) is 0 Å². The summed E-state index contributed by atoms with van der Waals surface area (Å²) in [5.74, 6) is -0.240. The molecule has 0 N–H and O–H groups in total. The standard InChI is InChI=1S/C17H24FNO2/c1-17(2,3)21-16(20)13-9-11-19(12-10-13)15-6-4-5-14(18)7-8-15/h4-6,8,13H,7,9-12H2,1-3H3. The average Bonchev–Trinajstić information content (AvgIpc) is 2.62. The van der Waals surface area contributed by atoms with Crippen molar-refractivity contribution in [2.24, 2.45) is 5.92 Å². The predicted octanol–water partition coefficient (Wildman–Crippen LogP) is 3.74. The molecule has 0 spiro atoms. The zero-order valence-electron chi connectivity index (χ0n) is 13.1. The maximum Gasteiger partial charge on any atom is 0.309 e. The molecule has 0 aromatic heterocycles. The molecule has 1 saturated heterocycles. The molecule has 2 rings (SSSR count). The Hall–Kier alpha value is -1.58. The Labute approximate surface area is 126 Å². The van der Waals surface area contributed by atoms with E-state index in [9.17, 15) is 9.18 Å². The Morgan fingerprint density at radius 3 is 2.62 bits per heavy atom. The lowest BCUT2D eigenvalue weighted by Crippen LogP contribution is -2.38. The number of allylic oxidation sites excluding steroid dienone is 5. The minimum Gasteiger partial charge on any atom is -0.460 e. The van der Waals surface area contributed by atoms with Crippen LogP contribution in [-0.4, -0.2) is 29.6 Å². The van der Waals surface area contributed by atoms with E-state index < -0.39 is 5.60 Å². The molecular weight excluding hydrogens is 269 g/mol. The predicted molar refractivity (Wildman–Crippen MR) is 81.2 cm³/mol. The summed E-state index contributed by atoms with van der Waals surface area (Å²) < 4.78 is 18.6. The highest BCUT2D eigenvalue weighted by molar-refractivity contribution is 5.73. The molecule has 116 valence electrons. The third-order valence-corrected chi connectivity index (χ3v) is 3.65. The van der Waals surface area contributed by atoms with Gasteiger partial charge in [0.15, 0.2) is 0 Å². The van der Waals surface area contributed by atoms with Gasteiger partial charge in [-0.15, -0.1) is 0 Å². The highest BCUT2D eigenvalue weighted by Crippen LogP contribution is 2.25. The van der Waals surface area contributed by atoms with Crippen molar-refractivity contribution in [3.8, 4) is 0 Å². The molecule has 0 saturated carbocycles. The van der Waals surface area contributed by atoms with Crippen molar-refractivity contribution in [1.29, 1.82) is 0 Å². The van der Waals surface area contributed by atoms with Crippen LogP contribution < -0.4 is 0 Å². The summed E-state index contributed by atoms with van der Waals surface area (Å²) in [6, 6.07) is 0. The van der Waals surface area contributed by atoms with Crippen LogP contribution >= 0.6 is 0 Å². The molecule has 0 bridgehead atoms. The van der Waals surface area contributed by atoms with Gasteiger partial charge >= 0.3 is 5.97 Å². The van der Waals surface area contributed by atoms with Crippen LogP contribution in [0.25, 0.3) is 0 Å². The van der Waals surface area contributed by atoms with Crippen LogP contribution in [0.3, 0.4) is 0 Å². The average molecular weight is 293 g/mol. The minimum absolute atomic E-state index is 0.0225. The van der Waals surface area contributed by atoms with Gasteiger partial charge in [0.2, 0.25) is 0 Å². The first-order valence-electron chi connectivity index (χ1n) is 7.56. The molecule has 0 aromatic rings. The number of ether oxygens (including phenoxy) is 1. The van der Waals surface area contributed by atoms with Gasteiger partial charge in [-0.1, -0.05) is 12.2 Å². The highest BCUT2D eigenvalue weighted by Gasteiger charge is 2.29. The quantitative estimate of drug-likeness (QED) is 0.726. The number of hydrogen-bond donors (Lipinski definition) is 0. The van der Waals surface area contributed by atoms with E-state index in [0.717, 1.165) is 31.6 Å². The molecular formula is C17H24FNO2. The van der Waals surface area contributed by atoms with Gasteiger partial charge < -0.3 is 9.64 Å². The Morgan fingerprint density at radius 1 is 1.33 bits per heavy atom. The Kier molecular flexibility index (Phi) is 4.86. The smallest absolute Gasteiger partial charge is 0.309 e. The van der Waals surface area contributed by atoms with E-state index >= 15 is 0 Å². The molecule has 1 heterocycles. The number of rotatable bonds is 2. The van der Waals surface area contributed by atoms with Crippen molar-refractivity contribution < 1.29 is 13.9 Å². The Balaban J connectivity index is 1.88. The summed E-state index contributed by atoms with van der Waals surface area (Å²) >= 11 is 0. The molecule has 0 atom stereocenters. The summed E-state index contributed by atoms with van der Waals surface area (Å²) in [6.45, 7) is 7.29. The van der Waals surface area contributed by atoms with Crippen molar-refractivity contribution in [3.63, 3.8) is 0 Å². The third-order valence-electron chi connectivity index (χ3n) is 3.65. The van der Waals surface area contributed by atoms with Crippen LogP contribution in [0.2, 0.25) is 0 Å². The number of hydrogen-bond acceptors (Lipinski definition) is 3. The van der Waals surface area contributed by atoms with E-state index in [1.165, 1.54) is 6.08 Å². The monoisotopic (exact) mass is 293 g/mol. The van der Waals surface area contributed by atoms with Crippen LogP contribution in [-0.2, 0) is 9.53 Å². The lowest BCUT2D eigenvalue weighted by molar-refractivity contribution is -0.161. The topological polar surface area (TPSA) is 29.5 Å². The van der Waals surface area contributed by atoms with Gasteiger partial charge in [0.05, 0.1) is 5.92 Å². The lowest BCUT2D eigenvalue weighted by Gasteiger charge is -2.34. The maximum atomic E-state index is 13.2. The summed E-state index contributed by atoms with van der Waals surface area (Å²) in [5.41, 5.74) is 0.616. The molecule has 1 aliphatic heterocycles. The first-order chi connectivity index (χ1) is 9.85. The van der Waals surface area contributed by atoms with E-state index in [1.807, 2.05) is 32.9 Å². The highest BCUT2D eigenvalue weighted by atomic mass is 19.1. The number of carbonyl (C=O) groups is 1. The van der Waals surface area contributed by atoms with Gasteiger partial charge in [0, 0.05) is 25.2 Å². The minimum atomic E-state index is -0.427. The van der Waals surface area contributed by atoms with Crippen LogP contribution in [0, 0.1) is 5.92 Å². The molecule has 0 unspecified atom stereocenters. The van der Waals surface area contributed by atoms with Gasteiger partial charge in [-0.3, -0.25) is 4.79 Å². The van der Waals surface area contributed by atoms with Gasteiger partial charge in [-0.2, -0.15) is 0 Å². The van der Waals surface area contributed by atoms with Crippen molar-refractivity contribution in [3.05, 3.63) is 35.8 Å². The van der Waals surface area contributed by atoms with E-state index in [0.29, 0.717) is 6.42 Å². The largest absolute Gasteiger partial charge is 0.460 e. The van der Waals surface area contributed by atoms with E-state index in [4.69, 9.17) is 4.74 Å². The van der Waals surface area contributed by atoms with Crippen molar-refractivity contribution in [2.75, 3.05) is 13.1 Å². The van der Waals surface area contributed by atoms with E-state index in [2.05, 4.69) is 4.90 Å². The number of piperidine rings is 1. The fourth-order valence-corrected chi connectivity index (χ4v) is 2.58. The van der Waals surface area contributed by atoms with Gasteiger partial charge in [-0.25, -0.2) is 4.39 Å². The first-order valence-corrected chi connectivity index (χ1v) is 7.56. The molecule has 21 heavy (non-hydrogen) atoms. The zero-order valence-corrected chi connectivity index (χ0v) is 13.1. The second kappa shape index (κ2) is 6.46. The molecule has 4 heteroatoms. The lowest BCUT2D eigenvalue weighted by atomic mass is 9.96. The Bertz CT molecular complexity index is 478. The molecule has 0 radical (unpaired) electrons. The molecule has 1 fully saturated rings. The summed E-state index contributed by atoms with van der Waals surface area (Å²) in [4.78, 5) is 14.3. The fourth-order valence-electron chi connectivity index (χ4n) is 2.58. The molecule has 0 amide bonds. The van der Waals surface area contributed by atoms with Gasteiger partial charge in [-0.05, 0) is 45.8 Å². The summed E-state index contributed by atoms with van der Waals surface area (Å²) in [6.07, 6.45) is 8.99. The van der Waals surface area contributed by atoms with Crippen LogP contribution in [0.1, 0.15) is 40.0 Å². The molecule has 3 nitrogen and oxygen atoms in total. The second-order valence-corrected chi connectivity index (χ2v) is 6.60. The molecule has 1 aliphatic carbocycles. The van der Waals surface area contributed by atoms with Crippen LogP contribution in [0.4, 0.5) is 4.39 Å². The number of esters is 1. The Morgan fingerprint density at radius 2 is 2.00 bits per heavy atom. The van der Waals surface area contributed by atoms with E-state index in [1.54, 1.807) is 6.08 Å². The zero-order chi connectivity index (χ0) is 15.5. The molecule has 0 aromatic carbocycles. The first kappa shape index (κ1) is 15.8. The van der Waals surface area contributed by atoms with Crippen LogP contribution in [0.5, 0.6) is 0 Å². The van der Waals surface area contributed by atoms with Gasteiger partial charge in [0.1, 0.15) is 11.4 Å². The SMILES string of the molecule is CC(C)(C)OC(=O)C1CCN(C2=CCC(F)=CC=C2)CC1.